The number of piperidine rings is 1. The summed E-state index contributed by atoms with van der Waals surface area (Å²) < 4.78 is 5.62. The Morgan fingerprint density at radius 3 is 2.61 bits per heavy atom. The molecule has 1 aromatic carbocycles. The van der Waals surface area contributed by atoms with E-state index >= 15 is 0 Å². The topological polar surface area (TPSA) is 79.0 Å². The Hall–Kier alpha value is -2.57. The van der Waals surface area contributed by atoms with Gasteiger partial charge in [-0.3, -0.25) is 14.4 Å². The fourth-order valence-corrected chi connectivity index (χ4v) is 4.40. The first-order chi connectivity index (χ1) is 14.9. The third kappa shape index (κ3) is 5.57. The van der Waals surface area contributed by atoms with E-state index in [1.54, 1.807) is 21.9 Å². The highest BCUT2D eigenvalue weighted by Crippen LogP contribution is 2.27. The molecule has 31 heavy (non-hydrogen) atoms. The van der Waals surface area contributed by atoms with Crippen molar-refractivity contribution in [3.8, 4) is 5.75 Å². The van der Waals surface area contributed by atoms with Crippen LogP contribution in [0.25, 0.3) is 0 Å². The Kier molecular flexibility index (Phi) is 7.93. The number of nitrogens with zero attached hydrogens (tertiary/aromatic N) is 2. The molecular formula is C24H35N3O4. The van der Waals surface area contributed by atoms with Gasteiger partial charge in [-0.1, -0.05) is 26.0 Å². The van der Waals surface area contributed by atoms with Crippen molar-refractivity contribution >= 4 is 17.7 Å². The Morgan fingerprint density at radius 1 is 1.13 bits per heavy atom. The second-order valence-electron chi connectivity index (χ2n) is 8.85. The Bertz CT molecular complexity index is 795. The van der Waals surface area contributed by atoms with Gasteiger partial charge in [-0.05, 0) is 50.7 Å². The minimum Gasteiger partial charge on any atom is -0.493 e. The molecule has 0 radical (unpaired) electrons. The van der Waals surface area contributed by atoms with Gasteiger partial charge in [-0.15, -0.1) is 0 Å². The fraction of sp³-hybridized carbons (Fsp3) is 0.625. The van der Waals surface area contributed by atoms with Crippen LogP contribution in [0, 0.1) is 11.8 Å². The van der Waals surface area contributed by atoms with Crippen molar-refractivity contribution in [2.45, 2.75) is 52.5 Å². The summed E-state index contributed by atoms with van der Waals surface area (Å²) >= 11 is 0. The summed E-state index contributed by atoms with van der Waals surface area (Å²) in [4.78, 5) is 42.6. The number of benzene rings is 1. The van der Waals surface area contributed by atoms with Gasteiger partial charge in [0.2, 0.25) is 11.8 Å². The van der Waals surface area contributed by atoms with Gasteiger partial charge in [0, 0.05) is 26.2 Å². The molecule has 2 atom stereocenters. The summed E-state index contributed by atoms with van der Waals surface area (Å²) in [7, 11) is 0. The predicted molar refractivity (Wildman–Crippen MR) is 119 cm³/mol. The third-order valence-electron chi connectivity index (χ3n) is 6.00. The van der Waals surface area contributed by atoms with E-state index in [1.807, 2.05) is 19.1 Å². The van der Waals surface area contributed by atoms with E-state index in [4.69, 9.17) is 4.74 Å². The van der Waals surface area contributed by atoms with Gasteiger partial charge in [0.05, 0.1) is 18.1 Å². The van der Waals surface area contributed by atoms with Crippen LogP contribution in [-0.2, 0) is 9.59 Å². The maximum Gasteiger partial charge on any atom is 0.258 e. The van der Waals surface area contributed by atoms with Crippen LogP contribution in [0.2, 0.25) is 0 Å². The molecule has 0 bridgehead atoms. The number of carbonyl (C=O) groups is 3. The van der Waals surface area contributed by atoms with Gasteiger partial charge in [0.25, 0.3) is 5.91 Å². The van der Waals surface area contributed by atoms with Crippen LogP contribution < -0.4 is 10.1 Å². The second-order valence-corrected chi connectivity index (χ2v) is 8.85. The second kappa shape index (κ2) is 10.6. The van der Waals surface area contributed by atoms with Crippen LogP contribution >= 0.6 is 0 Å². The number of likely N-dealkylation sites (tertiary alicyclic amines) is 2. The lowest BCUT2D eigenvalue weighted by molar-refractivity contribution is -0.139. The normalized spacial score (nSPS) is 21.3. The van der Waals surface area contributed by atoms with Crippen LogP contribution in [0.5, 0.6) is 5.75 Å². The molecule has 0 spiro atoms. The third-order valence-corrected chi connectivity index (χ3v) is 6.00. The number of ether oxygens (including phenoxy) is 1. The standard InChI is InChI=1S/C24H35N3O4/c1-4-31-21-12-6-5-10-19(21)23(29)27-14-8-11-20(27)24(30)26-13-7-9-18(16-26)22(28)25-15-17(2)3/h5-6,10,12,17-18,20H,4,7-9,11,13-16H2,1-3H3,(H,25,28)/t18-,20-/m0/s1. The van der Waals surface area contributed by atoms with Crippen molar-refractivity contribution in [3.63, 3.8) is 0 Å². The van der Waals surface area contributed by atoms with Crippen LogP contribution in [0.4, 0.5) is 0 Å². The number of carbonyl (C=O) groups excluding carboxylic acids is 3. The molecular weight excluding hydrogens is 394 g/mol. The average molecular weight is 430 g/mol. The van der Waals surface area contributed by atoms with E-state index in [1.165, 1.54) is 0 Å². The summed E-state index contributed by atoms with van der Waals surface area (Å²) in [6.45, 7) is 8.75. The van der Waals surface area contributed by atoms with Gasteiger partial charge < -0.3 is 19.9 Å². The smallest absolute Gasteiger partial charge is 0.258 e. The Labute approximate surface area is 185 Å². The van der Waals surface area contributed by atoms with Gasteiger partial charge in [-0.2, -0.15) is 0 Å². The highest BCUT2D eigenvalue weighted by atomic mass is 16.5. The molecule has 0 unspecified atom stereocenters. The van der Waals surface area contributed by atoms with Crippen LogP contribution in [0.1, 0.15) is 56.8 Å². The first-order valence-electron chi connectivity index (χ1n) is 11.5. The molecule has 3 rings (SSSR count). The Morgan fingerprint density at radius 2 is 1.87 bits per heavy atom. The molecule has 2 saturated heterocycles. The molecule has 2 fully saturated rings. The minimum atomic E-state index is -0.473. The minimum absolute atomic E-state index is 0.0243. The summed E-state index contributed by atoms with van der Waals surface area (Å²) in [6, 6.07) is 6.72. The van der Waals surface area contributed by atoms with Crippen molar-refractivity contribution in [3.05, 3.63) is 29.8 Å². The summed E-state index contributed by atoms with van der Waals surface area (Å²) in [5, 5.41) is 2.99. The maximum atomic E-state index is 13.4. The molecule has 7 nitrogen and oxygen atoms in total. The van der Waals surface area contributed by atoms with E-state index in [2.05, 4.69) is 19.2 Å². The number of rotatable bonds is 7. The highest BCUT2D eigenvalue weighted by molar-refractivity contribution is 6.00. The van der Waals surface area contributed by atoms with Crippen molar-refractivity contribution in [2.75, 3.05) is 32.8 Å². The highest BCUT2D eigenvalue weighted by Gasteiger charge is 2.39. The molecule has 0 saturated carbocycles. The molecule has 7 heteroatoms. The zero-order chi connectivity index (χ0) is 22.4. The average Bonchev–Trinajstić information content (AvgIpc) is 3.27. The van der Waals surface area contributed by atoms with Gasteiger partial charge >= 0.3 is 0 Å². The quantitative estimate of drug-likeness (QED) is 0.723. The van der Waals surface area contributed by atoms with E-state index in [9.17, 15) is 14.4 Å². The van der Waals surface area contributed by atoms with Crippen molar-refractivity contribution in [2.24, 2.45) is 11.8 Å². The van der Waals surface area contributed by atoms with Crippen LogP contribution in [-0.4, -0.2) is 66.3 Å². The van der Waals surface area contributed by atoms with Crippen molar-refractivity contribution in [1.82, 2.24) is 15.1 Å². The number of nitrogens with one attached hydrogen (secondary N) is 1. The fourth-order valence-electron chi connectivity index (χ4n) is 4.40. The largest absolute Gasteiger partial charge is 0.493 e. The molecule has 0 aliphatic carbocycles. The molecule has 1 N–H and O–H groups in total. The first-order valence-corrected chi connectivity index (χ1v) is 11.5. The van der Waals surface area contributed by atoms with Gasteiger partial charge in [0.15, 0.2) is 0 Å². The molecule has 2 heterocycles. The van der Waals surface area contributed by atoms with Crippen molar-refractivity contribution < 1.29 is 19.1 Å². The number of amides is 3. The maximum absolute atomic E-state index is 13.4. The molecule has 0 aromatic heterocycles. The lowest BCUT2D eigenvalue weighted by Gasteiger charge is -2.35. The predicted octanol–water partition coefficient (Wildman–Crippen LogP) is 2.70. The van der Waals surface area contributed by atoms with E-state index in [-0.39, 0.29) is 23.6 Å². The van der Waals surface area contributed by atoms with Gasteiger partial charge in [0.1, 0.15) is 11.8 Å². The zero-order valence-electron chi connectivity index (χ0n) is 18.9. The van der Waals surface area contributed by atoms with Crippen LogP contribution in [0.15, 0.2) is 24.3 Å². The molecule has 1 aromatic rings. The molecule has 3 amide bonds. The monoisotopic (exact) mass is 429 g/mol. The summed E-state index contributed by atoms with van der Waals surface area (Å²) in [6.07, 6.45) is 3.05. The molecule has 2 aliphatic heterocycles. The van der Waals surface area contributed by atoms with Crippen molar-refractivity contribution in [1.29, 1.82) is 0 Å². The Balaban J connectivity index is 1.68. The molecule has 170 valence electrons. The zero-order valence-corrected chi connectivity index (χ0v) is 18.9. The van der Waals surface area contributed by atoms with E-state index in [0.717, 1.165) is 19.3 Å². The lowest BCUT2D eigenvalue weighted by Crippen LogP contribution is -2.52. The van der Waals surface area contributed by atoms with E-state index < -0.39 is 6.04 Å². The SMILES string of the molecule is CCOc1ccccc1C(=O)N1CCC[C@H]1C(=O)N1CCC[C@H](C(=O)NCC(C)C)C1. The van der Waals surface area contributed by atoms with Gasteiger partial charge in [-0.25, -0.2) is 0 Å². The number of hydrogen-bond donors (Lipinski definition) is 1. The number of hydrogen-bond acceptors (Lipinski definition) is 4. The van der Waals surface area contributed by atoms with Crippen LogP contribution in [0.3, 0.4) is 0 Å². The van der Waals surface area contributed by atoms with E-state index in [0.29, 0.717) is 56.4 Å². The summed E-state index contributed by atoms with van der Waals surface area (Å²) in [5.41, 5.74) is 0.494. The summed E-state index contributed by atoms with van der Waals surface area (Å²) in [5.74, 6) is 0.581. The lowest BCUT2D eigenvalue weighted by atomic mass is 9.96. The number of para-hydroxylation sites is 1. The first kappa shape index (κ1) is 23.1. The molecule has 2 aliphatic rings.